The van der Waals surface area contributed by atoms with Crippen molar-refractivity contribution in [2.45, 2.75) is 32.8 Å². The Hall–Kier alpha value is -1.98. The summed E-state index contributed by atoms with van der Waals surface area (Å²) in [6.07, 6.45) is 2.68. The number of carbonyl (C=O) groups is 1. The molecule has 0 spiro atoms. The summed E-state index contributed by atoms with van der Waals surface area (Å²) >= 11 is 0. The highest BCUT2D eigenvalue weighted by Gasteiger charge is 2.05. The molecule has 112 valence electrons. The smallest absolute Gasteiger partial charge is 0.307 e. The first-order valence-electron chi connectivity index (χ1n) is 6.78. The van der Waals surface area contributed by atoms with Gasteiger partial charge in [-0.1, -0.05) is 0 Å². The summed E-state index contributed by atoms with van der Waals surface area (Å²) in [5, 5.41) is 6.21. The van der Waals surface area contributed by atoms with Crippen LogP contribution in [0.2, 0.25) is 0 Å². The molecule has 0 aromatic carbocycles. The average Bonchev–Trinajstić information content (AvgIpc) is 2.89. The highest BCUT2D eigenvalue weighted by molar-refractivity contribution is 5.80. The molecule has 2 N–H and O–H groups in total. The molecule has 20 heavy (non-hydrogen) atoms. The second kappa shape index (κ2) is 9.01. The lowest BCUT2D eigenvalue weighted by molar-refractivity contribution is -0.147. The van der Waals surface area contributed by atoms with E-state index < -0.39 is 0 Å². The van der Waals surface area contributed by atoms with Crippen LogP contribution in [0.5, 0.6) is 0 Å². The standard InChI is InChI=1S/C14H23N3O3/c1-11(2)20-13(18)7-9-17-14(15-3)16-8-6-12-5-4-10-19-12/h4-5,10-11H,6-9H2,1-3H3,(H2,15,16,17). The SMILES string of the molecule is CN=C(NCCC(=O)OC(C)C)NCCc1ccco1. The van der Waals surface area contributed by atoms with E-state index in [1.807, 2.05) is 26.0 Å². The first kappa shape index (κ1) is 16.1. The predicted molar refractivity (Wildman–Crippen MR) is 77.6 cm³/mol. The third-order valence-corrected chi connectivity index (χ3v) is 2.46. The van der Waals surface area contributed by atoms with Gasteiger partial charge < -0.3 is 19.8 Å². The lowest BCUT2D eigenvalue weighted by Crippen LogP contribution is -2.39. The maximum absolute atomic E-state index is 11.4. The van der Waals surface area contributed by atoms with Crippen molar-refractivity contribution in [1.29, 1.82) is 0 Å². The summed E-state index contributed by atoms with van der Waals surface area (Å²) in [4.78, 5) is 15.4. The van der Waals surface area contributed by atoms with Gasteiger partial charge in [0.15, 0.2) is 5.96 Å². The van der Waals surface area contributed by atoms with Crippen molar-refractivity contribution < 1.29 is 13.9 Å². The molecule has 0 unspecified atom stereocenters. The van der Waals surface area contributed by atoms with Gasteiger partial charge in [0.25, 0.3) is 0 Å². The van der Waals surface area contributed by atoms with Crippen molar-refractivity contribution in [3.63, 3.8) is 0 Å². The van der Waals surface area contributed by atoms with Crippen molar-refractivity contribution in [2.75, 3.05) is 20.1 Å². The Morgan fingerprint density at radius 1 is 1.40 bits per heavy atom. The van der Waals surface area contributed by atoms with Crippen LogP contribution in [0.15, 0.2) is 27.8 Å². The van der Waals surface area contributed by atoms with Crippen LogP contribution in [0.3, 0.4) is 0 Å². The Morgan fingerprint density at radius 3 is 2.75 bits per heavy atom. The Morgan fingerprint density at radius 2 is 2.15 bits per heavy atom. The van der Waals surface area contributed by atoms with Gasteiger partial charge in [0, 0.05) is 26.6 Å². The van der Waals surface area contributed by atoms with Crippen LogP contribution >= 0.6 is 0 Å². The van der Waals surface area contributed by atoms with E-state index in [9.17, 15) is 4.79 Å². The highest BCUT2D eigenvalue weighted by atomic mass is 16.5. The second-order valence-electron chi connectivity index (χ2n) is 4.54. The van der Waals surface area contributed by atoms with E-state index in [0.29, 0.717) is 25.5 Å². The van der Waals surface area contributed by atoms with Gasteiger partial charge in [0.05, 0.1) is 18.8 Å². The summed E-state index contributed by atoms with van der Waals surface area (Å²) in [7, 11) is 1.69. The van der Waals surface area contributed by atoms with Crippen LogP contribution < -0.4 is 10.6 Å². The largest absolute Gasteiger partial charge is 0.469 e. The van der Waals surface area contributed by atoms with E-state index in [1.54, 1.807) is 13.3 Å². The highest BCUT2D eigenvalue weighted by Crippen LogP contribution is 1.99. The molecular weight excluding hydrogens is 258 g/mol. The zero-order valence-corrected chi connectivity index (χ0v) is 12.3. The number of hydrogen-bond donors (Lipinski definition) is 2. The average molecular weight is 281 g/mol. The van der Waals surface area contributed by atoms with Crippen molar-refractivity contribution in [3.8, 4) is 0 Å². The molecule has 0 aliphatic heterocycles. The molecular formula is C14H23N3O3. The molecule has 0 saturated carbocycles. The topological polar surface area (TPSA) is 75.9 Å². The summed E-state index contributed by atoms with van der Waals surface area (Å²) in [6, 6.07) is 3.79. The molecule has 1 heterocycles. The van der Waals surface area contributed by atoms with E-state index in [0.717, 1.165) is 12.2 Å². The number of aliphatic imine (C=N–C) groups is 1. The minimum absolute atomic E-state index is 0.0757. The molecule has 0 amide bonds. The molecule has 0 radical (unpaired) electrons. The number of furan rings is 1. The molecule has 1 aromatic rings. The molecule has 6 heteroatoms. The molecule has 6 nitrogen and oxygen atoms in total. The normalized spacial score (nSPS) is 11.5. The summed E-state index contributed by atoms with van der Waals surface area (Å²) < 4.78 is 10.3. The quantitative estimate of drug-likeness (QED) is 0.448. The molecule has 0 saturated heterocycles. The van der Waals surface area contributed by atoms with Crippen LogP contribution in [-0.2, 0) is 16.0 Å². The number of nitrogens with one attached hydrogen (secondary N) is 2. The first-order chi connectivity index (χ1) is 9.61. The van der Waals surface area contributed by atoms with Gasteiger partial charge in [-0.2, -0.15) is 0 Å². The first-order valence-corrected chi connectivity index (χ1v) is 6.78. The number of guanidine groups is 1. The molecule has 0 atom stereocenters. The van der Waals surface area contributed by atoms with Gasteiger partial charge in [-0.05, 0) is 26.0 Å². The van der Waals surface area contributed by atoms with Gasteiger partial charge in [0.1, 0.15) is 5.76 Å². The van der Waals surface area contributed by atoms with Gasteiger partial charge in [-0.3, -0.25) is 9.79 Å². The van der Waals surface area contributed by atoms with Gasteiger partial charge >= 0.3 is 5.97 Å². The van der Waals surface area contributed by atoms with Crippen LogP contribution in [0, 0.1) is 0 Å². The fourth-order valence-electron chi connectivity index (χ4n) is 1.58. The van der Waals surface area contributed by atoms with Crippen molar-refractivity contribution in [2.24, 2.45) is 4.99 Å². The number of nitrogens with zero attached hydrogens (tertiary/aromatic N) is 1. The second-order valence-corrected chi connectivity index (χ2v) is 4.54. The number of carbonyl (C=O) groups excluding carboxylic acids is 1. The molecule has 0 aliphatic carbocycles. The fourth-order valence-corrected chi connectivity index (χ4v) is 1.58. The fraction of sp³-hybridized carbons (Fsp3) is 0.571. The van der Waals surface area contributed by atoms with Gasteiger partial charge in [-0.25, -0.2) is 0 Å². The third kappa shape index (κ3) is 6.82. The van der Waals surface area contributed by atoms with E-state index >= 15 is 0 Å². The van der Waals surface area contributed by atoms with Crippen LogP contribution in [0.25, 0.3) is 0 Å². The number of ether oxygens (including phenoxy) is 1. The summed E-state index contributed by atoms with van der Waals surface area (Å²) in [5.74, 6) is 1.38. The van der Waals surface area contributed by atoms with E-state index in [2.05, 4.69) is 15.6 Å². The van der Waals surface area contributed by atoms with E-state index in [1.165, 1.54) is 0 Å². The van der Waals surface area contributed by atoms with Gasteiger partial charge in [-0.15, -0.1) is 0 Å². The number of hydrogen-bond acceptors (Lipinski definition) is 4. The predicted octanol–water partition coefficient (Wildman–Crippen LogP) is 1.33. The lowest BCUT2D eigenvalue weighted by Gasteiger charge is -2.12. The van der Waals surface area contributed by atoms with E-state index in [-0.39, 0.29) is 12.1 Å². The Balaban J connectivity index is 2.15. The lowest BCUT2D eigenvalue weighted by atomic mass is 10.3. The zero-order valence-electron chi connectivity index (χ0n) is 12.3. The third-order valence-electron chi connectivity index (χ3n) is 2.46. The van der Waals surface area contributed by atoms with Crippen LogP contribution in [0.1, 0.15) is 26.0 Å². The Labute approximate surface area is 119 Å². The summed E-state index contributed by atoms with van der Waals surface area (Å²) in [6.45, 7) is 4.87. The van der Waals surface area contributed by atoms with Crippen LogP contribution in [-0.4, -0.2) is 38.2 Å². The van der Waals surface area contributed by atoms with Crippen LogP contribution in [0.4, 0.5) is 0 Å². The molecule has 0 fully saturated rings. The Kier molecular flexibility index (Phi) is 7.24. The summed E-state index contributed by atoms with van der Waals surface area (Å²) in [5.41, 5.74) is 0. The number of rotatable bonds is 7. The molecule has 0 aliphatic rings. The molecule has 1 rings (SSSR count). The number of esters is 1. The monoisotopic (exact) mass is 281 g/mol. The minimum Gasteiger partial charge on any atom is -0.469 e. The zero-order chi connectivity index (χ0) is 14.8. The van der Waals surface area contributed by atoms with Gasteiger partial charge in [0.2, 0.25) is 0 Å². The van der Waals surface area contributed by atoms with Crippen molar-refractivity contribution in [1.82, 2.24) is 10.6 Å². The minimum atomic E-state index is -0.210. The maximum atomic E-state index is 11.4. The van der Waals surface area contributed by atoms with Crippen molar-refractivity contribution in [3.05, 3.63) is 24.2 Å². The maximum Gasteiger partial charge on any atom is 0.307 e. The molecule has 1 aromatic heterocycles. The van der Waals surface area contributed by atoms with E-state index in [4.69, 9.17) is 9.15 Å². The van der Waals surface area contributed by atoms with Crippen molar-refractivity contribution >= 4 is 11.9 Å². The Bertz CT molecular complexity index is 413. The molecule has 0 bridgehead atoms.